The monoisotopic (exact) mass is 501 g/mol. The van der Waals surface area contributed by atoms with Crippen molar-refractivity contribution in [3.8, 4) is 0 Å². The van der Waals surface area contributed by atoms with E-state index in [2.05, 4.69) is 5.32 Å². The molecule has 0 unspecified atom stereocenters. The fourth-order valence-corrected chi connectivity index (χ4v) is 4.96. The lowest BCUT2D eigenvalue weighted by atomic mass is 9.82. The number of carbonyl (C=O) groups excluding carboxylic acids is 2. The molecule has 6 nitrogen and oxygen atoms in total. The molecule has 0 bridgehead atoms. The Kier molecular flexibility index (Phi) is 6.19. The summed E-state index contributed by atoms with van der Waals surface area (Å²) in [4.78, 5) is 29.8. The smallest absolute Gasteiger partial charge is 0.416 e. The van der Waals surface area contributed by atoms with Gasteiger partial charge in [-0.25, -0.2) is 4.39 Å². The van der Waals surface area contributed by atoms with E-state index in [-0.39, 0.29) is 37.1 Å². The molecular weight excluding hydrogens is 478 g/mol. The number of anilines is 1. The van der Waals surface area contributed by atoms with Crippen LogP contribution in [-0.2, 0) is 23.9 Å². The Morgan fingerprint density at radius 2 is 1.83 bits per heavy atom. The van der Waals surface area contributed by atoms with Crippen molar-refractivity contribution < 1.29 is 31.6 Å². The lowest BCUT2D eigenvalue weighted by molar-refractivity contribution is -0.137. The predicted molar refractivity (Wildman–Crippen MR) is 123 cm³/mol. The van der Waals surface area contributed by atoms with Gasteiger partial charge in [-0.2, -0.15) is 13.2 Å². The van der Waals surface area contributed by atoms with Gasteiger partial charge in [0.05, 0.1) is 23.8 Å². The van der Waals surface area contributed by atoms with Crippen molar-refractivity contribution in [2.24, 2.45) is 5.92 Å². The van der Waals surface area contributed by atoms with Crippen LogP contribution in [0.4, 0.5) is 23.2 Å². The number of benzene rings is 2. The van der Waals surface area contributed by atoms with Crippen LogP contribution in [0.2, 0.25) is 0 Å². The average Bonchev–Trinajstić information content (AvgIpc) is 3.41. The van der Waals surface area contributed by atoms with Gasteiger partial charge in [-0.05, 0) is 60.0 Å². The summed E-state index contributed by atoms with van der Waals surface area (Å²) in [5.41, 5.74) is 1.00. The molecule has 3 heterocycles. The van der Waals surface area contributed by atoms with Crippen molar-refractivity contribution >= 4 is 17.5 Å². The van der Waals surface area contributed by atoms with Crippen LogP contribution < -0.4 is 10.2 Å². The minimum Gasteiger partial charge on any atom is -0.459 e. The molecule has 3 aromatic rings. The second-order valence-electron chi connectivity index (χ2n) is 8.99. The third-order valence-electron chi connectivity index (χ3n) is 6.78. The minimum absolute atomic E-state index is 0.0957. The fraction of sp³-hybridized carbons (Fsp3) is 0.308. The van der Waals surface area contributed by atoms with Gasteiger partial charge in [-0.3, -0.25) is 9.59 Å². The van der Waals surface area contributed by atoms with Gasteiger partial charge in [0.1, 0.15) is 5.82 Å². The standard InChI is InChI=1S/C26H23F4N3O3/c27-19-6-3-16(4-7-19)14-31-24(34)20-13-17-12-18(26(28,29)30)5-8-21(17)33-10-9-32(15-22(20)33)25(35)23-2-1-11-36-23/h1-8,11-12,20,22H,9-10,13-15H2,(H,31,34)/t20-,22+/m0/s1. The van der Waals surface area contributed by atoms with Crippen molar-refractivity contribution in [2.45, 2.75) is 25.2 Å². The number of fused-ring (bicyclic) bond motifs is 3. The number of hydrogen-bond donors (Lipinski definition) is 1. The van der Waals surface area contributed by atoms with E-state index in [0.717, 1.165) is 12.1 Å². The number of amides is 2. The Labute approximate surface area is 204 Å². The Morgan fingerprint density at radius 1 is 1.06 bits per heavy atom. The highest BCUT2D eigenvalue weighted by molar-refractivity contribution is 5.92. The molecule has 0 aliphatic carbocycles. The number of halogens is 4. The second kappa shape index (κ2) is 9.33. The molecule has 2 atom stereocenters. The van der Waals surface area contributed by atoms with E-state index < -0.39 is 29.5 Å². The van der Waals surface area contributed by atoms with Crippen LogP contribution in [0.5, 0.6) is 0 Å². The van der Waals surface area contributed by atoms with Gasteiger partial charge >= 0.3 is 6.18 Å². The van der Waals surface area contributed by atoms with Crippen LogP contribution in [-0.4, -0.2) is 42.4 Å². The number of rotatable bonds is 4. The lowest BCUT2D eigenvalue weighted by Gasteiger charge is -2.49. The van der Waals surface area contributed by atoms with Crippen molar-refractivity contribution in [2.75, 3.05) is 24.5 Å². The van der Waals surface area contributed by atoms with E-state index in [0.29, 0.717) is 29.9 Å². The van der Waals surface area contributed by atoms with E-state index >= 15 is 0 Å². The summed E-state index contributed by atoms with van der Waals surface area (Å²) in [6.07, 6.45) is -3.00. The molecule has 188 valence electrons. The maximum absolute atomic E-state index is 13.4. The molecule has 2 aliphatic rings. The summed E-state index contributed by atoms with van der Waals surface area (Å²) in [6.45, 7) is 1.05. The van der Waals surface area contributed by atoms with E-state index in [1.165, 1.54) is 24.5 Å². The number of alkyl halides is 3. The molecule has 0 radical (unpaired) electrons. The quantitative estimate of drug-likeness (QED) is 0.543. The van der Waals surface area contributed by atoms with Crippen LogP contribution in [0.3, 0.4) is 0 Å². The van der Waals surface area contributed by atoms with Crippen LogP contribution in [0, 0.1) is 11.7 Å². The molecule has 2 aromatic carbocycles. The average molecular weight is 501 g/mol. The number of carbonyl (C=O) groups is 2. The number of piperazine rings is 1. The highest BCUT2D eigenvalue weighted by atomic mass is 19.4. The van der Waals surface area contributed by atoms with Gasteiger partial charge in [0.15, 0.2) is 5.76 Å². The van der Waals surface area contributed by atoms with Crippen molar-refractivity contribution in [3.63, 3.8) is 0 Å². The molecule has 1 aromatic heterocycles. The maximum atomic E-state index is 13.4. The molecule has 10 heteroatoms. The molecule has 1 saturated heterocycles. The Hall–Kier alpha value is -3.82. The first-order valence-electron chi connectivity index (χ1n) is 11.5. The number of nitrogens with one attached hydrogen (secondary N) is 1. The third-order valence-corrected chi connectivity index (χ3v) is 6.78. The van der Waals surface area contributed by atoms with Crippen molar-refractivity contribution in [1.82, 2.24) is 10.2 Å². The molecule has 5 rings (SSSR count). The van der Waals surface area contributed by atoms with E-state index in [1.54, 1.807) is 29.2 Å². The molecule has 0 saturated carbocycles. The highest BCUT2D eigenvalue weighted by Gasteiger charge is 2.43. The van der Waals surface area contributed by atoms with Crippen molar-refractivity contribution in [3.05, 3.63) is 89.1 Å². The molecule has 1 fully saturated rings. The molecular formula is C26H23F4N3O3. The van der Waals surface area contributed by atoms with Gasteiger partial charge in [-0.15, -0.1) is 0 Å². The van der Waals surface area contributed by atoms with E-state index in [4.69, 9.17) is 4.42 Å². The van der Waals surface area contributed by atoms with Crippen LogP contribution in [0.1, 0.15) is 27.2 Å². The van der Waals surface area contributed by atoms with Gasteiger partial charge in [0.2, 0.25) is 5.91 Å². The van der Waals surface area contributed by atoms with Gasteiger partial charge in [0, 0.05) is 31.9 Å². The van der Waals surface area contributed by atoms with E-state index in [1.807, 2.05) is 4.90 Å². The second-order valence-corrected chi connectivity index (χ2v) is 8.99. The summed E-state index contributed by atoms with van der Waals surface area (Å²) in [5.74, 6) is -1.55. The summed E-state index contributed by atoms with van der Waals surface area (Å²) < 4.78 is 58.6. The number of nitrogens with zero attached hydrogens (tertiary/aromatic N) is 2. The van der Waals surface area contributed by atoms with Gasteiger partial charge < -0.3 is 19.5 Å². The van der Waals surface area contributed by atoms with Crippen LogP contribution in [0.25, 0.3) is 0 Å². The first-order chi connectivity index (χ1) is 17.2. The Balaban J connectivity index is 1.42. The number of furan rings is 1. The third kappa shape index (κ3) is 4.67. The zero-order valence-electron chi connectivity index (χ0n) is 19.1. The topological polar surface area (TPSA) is 65.8 Å². The molecule has 1 N–H and O–H groups in total. The van der Waals surface area contributed by atoms with Gasteiger partial charge in [-0.1, -0.05) is 12.1 Å². The largest absolute Gasteiger partial charge is 0.459 e. The zero-order chi connectivity index (χ0) is 25.4. The van der Waals surface area contributed by atoms with Crippen molar-refractivity contribution in [1.29, 1.82) is 0 Å². The molecule has 36 heavy (non-hydrogen) atoms. The van der Waals surface area contributed by atoms with Crippen LogP contribution in [0.15, 0.2) is 65.3 Å². The first-order valence-corrected chi connectivity index (χ1v) is 11.5. The Morgan fingerprint density at radius 3 is 2.53 bits per heavy atom. The normalized spacial score (nSPS) is 19.4. The fourth-order valence-electron chi connectivity index (χ4n) is 4.96. The molecule has 0 spiro atoms. The summed E-state index contributed by atoms with van der Waals surface area (Å²) >= 11 is 0. The number of hydrogen-bond acceptors (Lipinski definition) is 4. The Bertz CT molecular complexity index is 1260. The highest BCUT2D eigenvalue weighted by Crippen LogP contribution is 2.40. The SMILES string of the molecule is O=C(NCc1ccc(F)cc1)[C@H]1Cc2cc(C(F)(F)F)ccc2N2CCN(C(=O)c3ccco3)C[C@H]12. The van der Waals surface area contributed by atoms with Gasteiger partial charge in [0.25, 0.3) is 5.91 Å². The summed E-state index contributed by atoms with van der Waals surface area (Å²) in [7, 11) is 0. The lowest BCUT2D eigenvalue weighted by Crippen LogP contribution is -2.62. The minimum atomic E-state index is -4.50. The summed E-state index contributed by atoms with van der Waals surface area (Å²) in [6, 6.07) is 12.0. The predicted octanol–water partition coefficient (Wildman–Crippen LogP) is 4.26. The maximum Gasteiger partial charge on any atom is 0.416 e. The summed E-state index contributed by atoms with van der Waals surface area (Å²) in [5, 5.41) is 2.84. The van der Waals surface area contributed by atoms with E-state index in [9.17, 15) is 27.2 Å². The molecule has 2 aliphatic heterocycles. The van der Waals surface area contributed by atoms with Crippen LogP contribution >= 0.6 is 0 Å². The first kappa shape index (κ1) is 23.9. The zero-order valence-corrected chi connectivity index (χ0v) is 19.1. The molecule has 2 amide bonds.